The molecule has 1 saturated carbocycles. The summed E-state index contributed by atoms with van der Waals surface area (Å²) in [6, 6.07) is 15.9. The molecular formula is C26H30N2O3S. The van der Waals surface area contributed by atoms with E-state index in [9.17, 15) is 9.59 Å². The van der Waals surface area contributed by atoms with E-state index in [1.54, 1.807) is 18.9 Å². The maximum absolute atomic E-state index is 13.1. The van der Waals surface area contributed by atoms with Crippen LogP contribution in [0.2, 0.25) is 0 Å². The van der Waals surface area contributed by atoms with Crippen molar-refractivity contribution in [2.45, 2.75) is 44.0 Å². The summed E-state index contributed by atoms with van der Waals surface area (Å²) >= 11 is 1.68. The van der Waals surface area contributed by atoms with Gasteiger partial charge >= 0.3 is 0 Å². The van der Waals surface area contributed by atoms with Crippen molar-refractivity contribution in [1.29, 1.82) is 0 Å². The van der Waals surface area contributed by atoms with Gasteiger partial charge in [0.1, 0.15) is 5.75 Å². The van der Waals surface area contributed by atoms with E-state index in [4.69, 9.17) is 4.74 Å². The number of carbonyl (C=O) groups excluding carboxylic acids is 2. The molecule has 1 N–H and O–H groups in total. The van der Waals surface area contributed by atoms with E-state index in [0.29, 0.717) is 18.2 Å². The molecule has 0 radical (unpaired) electrons. The fourth-order valence-electron chi connectivity index (χ4n) is 4.60. The third kappa shape index (κ3) is 4.70. The number of para-hydroxylation sites is 1. The highest BCUT2D eigenvalue weighted by molar-refractivity contribution is 8.04. The van der Waals surface area contributed by atoms with E-state index in [1.807, 2.05) is 60.5 Å². The summed E-state index contributed by atoms with van der Waals surface area (Å²) in [4.78, 5) is 28.6. The maximum Gasteiger partial charge on any atom is 0.260 e. The predicted octanol–water partition coefficient (Wildman–Crippen LogP) is 4.40. The van der Waals surface area contributed by atoms with Gasteiger partial charge in [-0.25, -0.2) is 0 Å². The van der Waals surface area contributed by atoms with Crippen molar-refractivity contribution in [1.82, 2.24) is 10.2 Å². The van der Waals surface area contributed by atoms with Gasteiger partial charge in [-0.1, -0.05) is 42.5 Å². The van der Waals surface area contributed by atoms with Crippen LogP contribution in [-0.4, -0.2) is 42.2 Å². The van der Waals surface area contributed by atoms with Crippen molar-refractivity contribution in [2.75, 3.05) is 14.2 Å². The number of thioether (sulfide) groups is 1. The molecule has 1 saturated heterocycles. The Balaban J connectivity index is 1.41. The van der Waals surface area contributed by atoms with Crippen molar-refractivity contribution in [3.8, 4) is 5.75 Å². The quantitative estimate of drug-likeness (QED) is 0.686. The van der Waals surface area contributed by atoms with Crippen LogP contribution < -0.4 is 10.1 Å². The molecule has 3 unspecified atom stereocenters. The lowest BCUT2D eigenvalue weighted by molar-refractivity contribution is -0.132. The number of nitrogens with zero attached hydrogens (tertiary/aromatic N) is 1. The number of nitrogens with one attached hydrogen (secondary N) is 1. The van der Waals surface area contributed by atoms with Gasteiger partial charge in [0.25, 0.3) is 5.91 Å². The summed E-state index contributed by atoms with van der Waals surface area (Å²) in [5, 5.41) is 3.40. The number of ether oxygens (including phenoxy) is 1. The molecule has 1 heterocycles. The highest BCUT2D eigenvalue weighted by Crippen LogP contribution is 2.43. The number of aryl methyl sites for hydroxylation is 1. The molecule has 2 fully saturated rings. The Morgan fingerprint density at radius 2 is 1.94 bits per heavy atom. The average molecular weight is 451 g/mol. The van der Waals surface area contributed by atoms with Gasteiger partial charge in [-0.3, -0.25) is 9.59 Å². The number of hydrogen-bond acceptors (Lipinski definition) is 4. The van der Waals surface area contributed by atoms with Gasteiger partial charge < -0.3 is 15.0 Å². The van der Waals surface area contributed by atoms with Crippen molar-refractivity contribution < 1.29 is 14.3 Å². The zero-order valence-electron chi connectivity index (χ0n) is 18.8. The van der Waals surface area contributed by atoms with Crippen LogP contribution in [0.1, 0.15) is 36.0 Å². The number of likely N-dealkylation sites (N-methyl/N-ethyl adjacent to an activating group) is 1. The third-order valence-corrected chi connectivity index (χ3v) is 7.95. The number of amides is 2. The first-order valence-corrected chi connectivity index (χ1v) is 12.0. The SMILES string of the molecule is COc1ccccc1CNC(=O)C1CCC2S/C(=C\c3ccccc3C)C(=O)N(C)C2C1. The molecule has 2 amide bonds. The van der Waals surface area contributed by atoms with Gasteiger partial charge in [0.2, 0.25) is 5.91 Å². The van der Waals surface area contributed by atoms with Crippen LogP contribution in [-0.2, 0) is 16.1 Å². The van der Waals surface area contributed by atoms with Gasteiger partial charge in [0, 0.05) is 36.4 Å². The average Bonchev–Trinajstić information content (AvgIpc) is 2.82. The lowest BCUT2D eigenvalue weighted by atomic mass is 9.83. The molecule has 2 aromatic carbocycles. The molecule has 3 atom stereocenters. The van der Waals surface area contributed by atoms with Crippen molar-refractivity contribution >= 4 is 29.7 Å². The molecule has 2 aromatic rings. The molecular weight excluding hydrogens is 420 g/mol. The van der Waals surface area contributed by atoms with Crippen LogP contribution in [0.25, 0.3) is 6.08 Å². The fourth-order valence-corrected chi connectivity index (χ4v) is 6.07. The largest absolute Gasteiger partial charge is 0.496 e. The van der Waals surface area contributed by atoms with Crippen molar-refractivity contribution in [3.05, 3.63) is 70.1 Å². The smallest absolute Gasteiger partial charge is 0.260 e. The molecule has 1 aliphatic heterocycles. The summed E-state index contributed by atoms with van der Waals surface area (Å²) in [5.41, 5.74) is 3.21. The van der Waals surface area contributed by atoms with E-state index in [0.717, 1.165) is 40.2 Å². The number of methoxy groups -OCH3 is 1. The molecule has 0 bridgehead atoms. The predicted molar refractivity (Wildman–Crippen MR) is 129 cm³/mol. The zero-order chi connectivity index (χ0) is 22.7. The van der Waals surface area contributed by atoms with E-state index >= 15 is 0 Å². The molecule has 4 rings (SSSR count). The van der Waals surface area contributed by atoms with Gasteiger partial charge in [-0.05, 0) is 49.5 Å². The van der Waals surface area contributed by atoms with Gasteiger partial charge in [-0.15, -0.1) is 11.8 Å². The third-order valence-electron chi connectivity index (χ3n) is 6.55. The topological polar surface area (TPSA) is 58.6 Å². The molecule has 168 valence electrons. The summed E-state index contributed by atoms with van der Waals surface area (Å²) in [7, 11) is 3.51. The fraction of sp³-hybridized carbons (Fsp3) is 0.385. The number of carbonyl (C=O) groups is 2. The number of hydrogen-bond donors (Lipinski definition) is 1. The monoisotopic (exact) mass is 450 g/mol. The van der Waals surface area contributed by atoms with E-state index in [2.05, 4.69) is 18.3 Å². The first-order chi connectivity index (χ1) is 15.5. The van der Waals surface area contributed by atoms with Gasteiger partial charge in [0.15, 0.2) is 0 Å². The highest BCUT2D eigenvalue weighted by Gasteiger charge is 2.42. The molecule has 32 heavy (non-hydrogen) atoms. The highest BCUT2D eigenvalue weighted by atomic mass is 32.2. The molecule has 5 nitrogen and oxygen atoms in total. The Morgan fingerprint density at radius 3 is 2.72 bits per heavy atom. The first kappa shape index (κ1) is 22.5. The second-order valence-corrected chi connectivity index (χ2v) is 9.83. The number of fused-ring (bicyclic) bond motifs is 1. The molecule has 2 aliphatic rings. The second kappa shape index (κ2) is 9.82. The van der Waals surface area contributed by atoms with Crippen LogP contribution >= 0.6 is 11.8 Å². The molecule has 0 aromatic heterocycles. The number of benzene rings is 2. The minimum absolute atomic E-state index is 0.0505. The van der Waals surface area contributed by atoms with Gasteiger partial charge in [0.05, 0.1) is 12.0 Å². The Hall–Kier alpha value is -2.73. The molecule has 0 spiro atoms. The minimum atomic E-state index is -0.0799. The van der Waals surface area contributed by atoms with Crippen molar-refractivity contribution in [2.24, 2.45) is 5.92 Å². The Labute approximate surface area is 194 Å². The number of rotatable bonds is 5. The standard InChI is InChI=1S/C26H30N2O3S/c1-17-8-4-5-9-18(17)15-24-26(30)28(2)21-14-19(12-13-23(21)32-24)25(29)27-16-20-10-6-7-11-22(20)31-3/h4-11,15,19,21,23H,12-14,16H2,1-3H3,(H,27,29)/b24-15-. The Morgan fingerprint density at radius 1 is 1.19 bits per heavy atom. The van der Waals surface area contributed by atoms with Crippen LogP contribution in [0.4, 0.5) is 0 Å². The summed E-state index contributed by atoms with van der Waals surface area (Å²) < 4.78 is 5.38. The van der Waals surface area contributed by atoms with Crippen LogP contribution in [0, 0.1) is 12.8 Å². The van der Waals surface area contributed by atoms with E-state index in [1.165, 1.54) is 0 Å². The minimum Gasteiger partial charge on any atom is -0.496 e. The van der Waals surface area contributed by atoms with Crippen LogP contribution in [0.5, 0.6) is 5.75 Å². The summed E-state index contributed by atoms with van der Waals surface area (Å²) in [5.74, 6) is 0.804. The summed E-state index contributed by atoms with van der Waals surface area (Å²) in [6.45, 7) is 2.51. The van der Waals surface area contributed by atoms with Crippen LogP contribution in [0.15, 0.2) is 53.4 Å². The lowest BCUT2D eigenvalue weighted by Gasteiger charge is -2.44. The summed E-state index contributed by atoms with van der Waals surface area (Å²) in [6.07, 6.45) is 4.48. The normalized spacial score (nSPS) is 24.2. The molecule has 6 heteroatoms. The second-order valence-electron chi connectivity index (χ2n) is 8.54. The van der Waals surface area contributed by atoms with Crippen molar-refractivity contribution in [3.63, 3.8) is 0 Å². The maximum atomic E-state index is 13.1. The Kier molecular flexibility index (Phi) is 6.89. The van der Waals surface area contributed by atoms with E-state index in [-0.39, 0.29) is 23.8 Å². The Bertz CT molecular complexity index is 1040. The van der Waals surface area contributed by atoms with Crippen LogP contribution in [0.3, 0.4) is 0 Å². The lowest BCUT2D eigenvalue weighted by Crippen LogP contribution is -2.52. The van der Waals surface area contributed by atoms with Gasteiger partial charge in [-0.2, -0.15) is 0 Å². The van der Waals surface area contributed by atoms with E-state index < -0.39 is 0 Å². The first-order valence-electron chi connectivity index (χ1n) is 11.1. The molecule has 1 aliphatic carbocycles. The zero-order valence-corrected chi connectivity index (χ0v) is 19.7.